The van der Waals surface area contributed by atoms with E-state index in [2.05, 4.69) is 15.9 Å². The second kappa shape index (κ2) is 7.00. The van der Waals surface area contributed by atoms with Gasteiger partial charge in [0.05, 0.1) is 0 Å². The van der Waals surface area contributed by atoms with Gasteiger partial charge in [0.1, 0.15) is 0 Å². The zero-order chi connectivity index (χ0) is 15.4. The van der Waals surface area contributed by atoms with Crippen molar-refractivity contribution in [1.29, 1.82) is 0 Å². The van der Waals surface area contributed by atoms with Gasteiger partial charge in [0.2, 0.25) is 0 Å². The molecule has 0 radical (unpaired) electrons. The minimum atomic E-state index is -0.557. The third-order valence-corrected chi connectivity index (χ3v) is 3.65. The van der Waals surface area contributed by atoms with Gasteiger partial charge in [-0.15, -0.1) is 0 Å². The fourth-order valence-corrected chi connectivity index (χ4v) is 2.26. The minimum absolute atomic E-state index is 0.0189. The van der Waals surface area contributed by atoms with Crippen LogP contribution in [0.15, 0.2) is 40.9 Å². The molecule has 0 heterocycles. The molecule has 0 aliphatic heterocycles. The third-order valence-electron chi connectivity index (χ3n) is 3.16. The molecule has 112 valence electrons. The maximum atomic E-state index is 14.0. The summed E-state index contributed by atoms with van der Waals surface area (Å²) in [5.41, 5.74) is 6.54. The Balaban J connectivity index is 2.34. The topological polar surface area (TPSA) is 35.2 Å². The molecule has 1 atom stereocenters. The summed E-state index contributed by atoms with van der Waals surface area (Å²) in [6.07, 6.45) is 1.24. The first-order valence-electron chi connectivity index (χ1n) is 6.67. The predicted molar refractivity (Wildman–Crippen MR) is 82.5 cm³/mol. The van der Waals surface area contributed by atoms with Gasteiger partial charge in [-0.1, -0.05) is 35.0 Å². The van der Waals surface area contributed by atoms with Gasteiger partial charge in [-0.3, -0.25) is 0 Å². The Bertz CT molecular complexity index is 634. The second-order valence-electron chi connectivity index (χ2n) is 4.78. The molecule has 2 N–H and O–H groups in total. The number of para-hydroxylation sites is 1. The van der Waals surface area contributed by atoms with E-state index in [0.717, 1.165) is 6.42 Å². The third kappa shape index (κ3) is 4.02. The quantitative estimate of drug-likeness (QED) is 0.835. The van der Waals surface area contributed by atoms with Crippen LogP contribution >= 0.6 is 15.9 Å². The first kappa shape index (κ1) is 15.9. The van der Waals surface area contributed by atoms with Crippen LogP contribution in [0, 0.1) is 11.6 Å². The average molecular weight is 356 g/mol. The van der Waals surface area contributed by atoms with Crippen LogP contribution in [0.5, 0.6) is 11.5 Å². The Morgan fingerprint density at radius 1 is 1.19 bits per heavy atom. The van der Waals surface area contributed by atoms with Crippen LogP contribution in [-0.4, -0.2) is 6.04 Å². The van der Waals surface area contributed by atoms with Crippen molar-refractivity contribution in [1.82, 2.24) is 0 Å². The zero-order valence-electron chi connectivity index (χ0n) is 11.6. The maximum Gasteiger partial charge on any atom is 0.166 e. The summed E-state index contributed by atoms with van der Waals surface area (Å²) in [6.45, 7) is 1.96. The van der Waals surface area contributed by atoms with Crippen molar-refractivity contribution in [2.45, 2.75) is 25.8 Å². The summed E-state index contributed by atoms with van der Waals surface area (Å²) in [7, 11) is 0. The maximum absolute atomic E-state index is 14.0. The summed E-state index contributed by atoms with van der Waals surface area (Å²) in [4.78, 5) is 0. The molecule has 2 rings (SSSR count). The van der Waals surface area contributed by atoms with Gasteiger partial charge in [-0.05, 0) is 42.7 Å². The van der Waals surface area contributed by atoms with E-state index in [9.17, 15) is 8.78 Å². The summed E-state index contributed by atoms with van der Waals surface area (Å²) in [6, 6.07) is 8.89. The molecule has 0 saturated heterocycles. The number of halogens is 3. The minimum Gasteiger partial charge on any atom is -0.451 e. The number of benzene rings is 2. The lowest BCUT2D eigenvalue weighted by Crippen LogP contribution is -2.21. The molecule has 0 saturated carbocycles. The number of hydrogen-bond acceptors (Lipinski definition) is 2. The van der Waals surface area contributed by atoms with E-state index < -0.39 is 11.6 Å². The molecule has 0 amide bonds. The van der Waals surface area contributed by atoms with Crippen molar-refractivity contribution in [2.24, 2.45) is 5.73 Å². The van der Waals surface area contributed by atoms with Crippen molar-refractivity contribution < 1.29 is 13.5 Å². The van der Waals surface area contributed by atoms with Crippen LogP contribution in [0.4, 0.5) is 8.78 Å². The lowest BCUT2D eigenvalue weighted by atomic mass is 10.0. The fourth-order valence-electron chi connectivity index (χ4n) is 1.92. The first-order chi connectivity index (χ1) is 10.0. The molecule has 0 fully saturated rings. The summed E-state index contributed by atoms with van der Waals surface area (Å²) >= 11 is 3.17. The molecule has 5 heteroatoms. The molecule has 1 unspecified atom stereocenters. The van der Waals surface area contributed by atoms with E-state index in [1.54, 1.807) is 18.2 Å². The van der Waals surface area contributed by atoms with E-state index >= 15 is 0 Å². The predicted octanol–water partition coefficient (Wildman–Crippen LogP) is 4.80. The molecular weight excluding hydrogens is 340 g/mol. The molecule has 0 aliphatic carbocycles. The van der Waals surface area contributed by atoms with E-state index in [1.807, 2.05) is 6.92 Å². The molecule has 2 nitrogen and oxygen atoms in total. The largest absolute Gasteiger partial charge is 0.451 e. The van der Waals surface area contributed by atoms with Gasteiger partial charge in [-0.25, -0.2) is 8.78 Å². The Hall–Kier alpha value is -1.46. The molecule has 0 aromatic heterocycles. The lowest BCUT2D eigenvalue weighted by Gasteiger charge is -2.15. The van der Waals surface area contributed by atoms with Crippen molar-refractivity contribution >= 4 is 15.9 Å². The standard InChI is InChI=1S/C16H16BrF2NO/c1-2-12(20)8-10-4-3-5-13(18)16(10)21-15-7-6-11(17)9-14(15)19/h3-7,9,12H,2,8,20H2,1H3. The van der Waals surface area contributed by atoms with Crippen LogP contribution in [0.1, 0.15) is 18.9 Å². The molecule has 0 aliphatic rings. The van der Waals surface area contributed by atoms with Gasteiger partial charge in [0.25, 0.3) is 0 Å². The van der Waals surface area contributed by atoms with Crippen molar-refractivity contribution in [3.8, 4) is 11.5 Å². The molecule has 0 bridgehead atoms. The molecule has 2 aromatic rings. The van der Waals surface area contributed by atoms with Gasteiger partial charge >= 0.3 is 0 Å². The molecule has 2 aromatic carbocycles. The van der Waals surface area contributed by atoms with Crippen molar-refractivity contribution in [2.75, 3.05) is 0 Å². The van der Waals surface area contributed by atoms with Crippen LogP contribution in [0.3, 0.4) is 0 Å². The number of rotatable bonds is 5. The Labute approximate surface area is 131 Å². The number of hydrogen-bond donors (Lipinski definition) is 1. The number of ether oxygens (including phenoxy) is 1. The fraction of sp³-hybridized carbons (Fsp3) is 0.250. The van der Waals surface area contributed by atoms with Crippen molar-refractivity contribution in [3.05, 3.63) is 58.1 Å². The van der Waals surface area contributed by atoms with Gasteiger partial charge in [0, 0.05) is 10.5 Å². The zero-order valence-corrected chi connectivity index (χ0v) is 13.2. The SMILES string of the molecule is CCC(N)Cc1cccc(F)c1Oc1ccc(Br)cc1F. The molecule has 21 heavy (non-hydrogen) atoms. The summed E-state index contributed by atoms with van der Waals surface area (Å²) in [5.74, 6) is -1.08. The smallest absolute Gasteiger partial charge is 0.166 e. The van der Waals surface area contributed by atoms with Gasteiger partial charge < -0.3 is 10.5 Å². The highest BCUT2D eigenvalue weighted by Gasteiger charge is 2.15. The van der Waals surface area contributed by atoms with Gasteiger partial charge in [0.15, 0.2) is 23.1 Å². The van der Waals surface area contributed by atoms with E-state index in [0.29, 0.717) is 16.5 Å². The first-order valence-corrected chi connectivity index (χ1v) is 7.46. The summed E-state index contributed by atoms with van der Waals surface area (Å²) < 4.78 is 33.9. The highest BCUT2D eigenvalue weighted by molar-refractivity contribution is 9.10. The van der Waals surface area contributed by atoms with Crippen LogP contribution in [0.25, 0.3) is 0 Å². The van der Waals surface area contributed by atoms with E-state index in [4.69, 9.17) is 10.5 Å². The number of nitrogens with two attached hydrogens (primary N) is 1. The van der Waals surface area contributed by atoms with Crippen LogP contribution < -0.4 is 10.5 Å². The van der Waals surface area contributed by atoms with Crippen LogP contribution in [-0.2, 0) is 6.42 Å². The van der Waals surface area contributed by atoms with E-state index in [1.165, 1.54) is 18.2 Å². The summed E-state index contributed by atoms with van der Waals surface area (Å²) in [5, 5.41) is 0. The second-order valence-corrected chi connectivity index (χ2v) is 5.69. The molecular formula is C16H16BrF2NO. The average Bonchev–Trinajstić information content (AvgIpc) is 2.44. The normalized spacial score (nSPS) is 12.2. The Morgan fingerprint density at radius 3 is 2.62 bits per heavy atom. The monoisotopic (exact) mass is 355 g/mol. The van der Waals surface area contributed by atoms with Gasteiger partial charge in [-0.2, -0.15) is 0 Å². The van der Waals surface area contributed by atoms with E-state index in [-0.39, 0.29) is 17.5 Å². The highest BCUT2D eigenvalue weighted by Crippen LogP contribution is 2.32. The Kier molecular flexibility index (Phi) is 5.31. The van der Waals surface area contributed by atoms with Crippen molar-refractivity contribution in [3.63, 3.8) is 0 Å². The Morgan fingerprint density at radius 2 is 1.95 bits per heavy atom. The van der Waals surface area contributed by atoms with Crippen LogP contribution in [0.2, 0.25) is 0 Å². The highest BCUT2D eigenvalue weighted by atomic mass is 79.9. The molecule has 0 spiro atoms. The lowest BCUT2D eigenvalue weighted by molar-refractivity contribution is 0.407.